The van der Waals surface area contributed by atoms with Crippen LogP contribution in [0.3, 0.4) is 0 Å². The van der Waals surface area contributed by atoms with E-state index in [1.807, 2.05) is 48.5 Å². The van der Waals surface area contributed by atoms with Gasteiger partial charge >= 0.3 is 0 Å². The van der Waals surface area contributed by atoms with E-state index in [0.29, 0.717) is 0 Å². The largest absolute Gasteiger partial charge is 0.299 e. The molecule has 0 aromatic heterocycles. The molecule has 130 valence electrons. The van der Waals surface area contributed by atoms with Gasteiger partial charge in [-0.25, -0.2) is 0 Å². The molecule has 0 saturated heterocycles. The maximum Gasteiger partial charge on any atom is 0.241 e. The molecule has 1 unspecified atom stereocenters. The molecule has 0 bridgehead atoms. The predicted molar refractivity (Wildman–Crippen MR) is 105 cm³/mol. The minimum Gasteiger partial charge on any atom is -0.299 e. The van der Waals surface area contributed by atoms with E-state index < -0.39 is 0 Å². The molecule has 0 saturated carbocycles. The van der Waals surface area contributed by atoms with Gasteiger partial charge in [-0.3, -0.25) is 15.6 Å². The summed E-state index contributed by atoms with van der Waals surface area (Å²) in [6.45, 7) is 7.68. The van der Waals surface area contributed by atoms with Gasteiger partial charge in [0.25, 0.3) is 0 Å². The Morgan fingerprint density at radius 1 is 1.04 bits per heavy atom. The standard InChI is InChI=1S/C22H26N2O/c1-3-18(2)11-10-14-20(17-19-12-6-4-7-13-19)22(25)24-23-21-15-8-5-9-16-21/h3-9,12-13,15-16,20,23H,1-2,10-11,14,17H2,(H,24,25). The second-order valence-corrected chi connectivity index (χ2v) is 6.12. The lowest BCUT2D eigenvalue weighted by Gasteiger charge is -2.18. The highest BCUT2D eigenvalue weighted by molar-refractivity contribution is 5.80. The molecule has 1 amide bonds. The fourth-order valence-corrected chi connectivity index (χ4v) is 2.66. The van der Waals surface area contributed by atoms with Crippen molar-refractivity contribution in [1.82, 2.24) is 5.43 Å². The maximum atomic E-state index is 12.6. The quantitative estimate of drug-likeness (QED) is 0.479. The number of hydrogen-bond acceptors (Lipinski definition) is 2. The zero-order valence-corrected chi connectivity index (χ0v) is 14.6. The average Bonchev–Trinajstić information content (AvgIpc) is 2.66. The summed E-state index contributed by atoms with van der Waals surface area (Å²) in [4.78, 5) is 12.6. The third-order valence-corrected chi connectivity index (χ3v) is 4.14. The molecule has 3 nitrogen and oxygen atoms in total. The molecule has 2 aromatic rings. The summed E-state index contributed by atoms with van der Waals surface area (Å²) in [5, 5.41) is 0. The SMILES string of the molecule is C=CC(=C)CCCC(Cc1ccccc1)C(=O)NNc1ccccc1. The molecule has 0 fully saturated rings. The zero-order valence-electron chi connectivity index (χ0n) is 14.6. The Kier molecular flexibility index (Phi) is 7.51. The first-order valence-electron chi connectivity index (χ1n) is 8.64. The summed E-state index contributed by atoms with van der Waals surface area (Å²) in [6.07, 6.45) is 5.10. The van der Waals surface area contributed by atoms with Crippen LogP contribution in [0, 0.1) is 5.92 Å². The average molecular weight is 334 g/mol. The lowest BCUT2D eigenvalue weighted by atomic mass is 9.92. The molecule has 0 heterocycles. The fraction of sp³-hybridized carbons (Fsp3) is 0.227. The van der Waals surface area contributed by atoms with Gasteiger partial charge in [0, 0.05) is 5.92 Å². The maximum absolute atomic E-state index is 12.6. The normalized spacial score (nSPS) is 11.4. The van der Waals surface area contributed by atoms with Crippen molar-refractivity contribution in [3.8, 4) is 0 Å². The number of allylic oxidation sites excluding steroid dienone is 2. The summed E-state index contributed by atoms with van der Waals surface area (Å²) in [5.74, 6) is -0.0758. The number of nitrogens with one attached hydrogen (secondary N) is 2. The number of para-hydroxylation sites is 1. The monoisotopic (exact) mass is 334 g/mol. The highest BCUT2D eigenvalue weighted by Crippen LogP contribution is 2.18. The van der Waals surface area contributed by atoms with Crippen LogP contribution in [0.25, 0.3) is 0 Å². The van der Waals surface area contributed by atoms with E-state index in [-0.39, 0.29) is 11.8 Å². The number of benzene rings is 2. The van der Waals surface area contributed by atoms with Gasteiger partial charge in [0.1, 0.15) is 0 Å². The van der Waals surface area contributed by atoms with E-state index in [1.165, 1.54) is 5.56 Å². The second kappa shape index (κ2) is 10.1. The third-order valence-electron chi connectivity index (χ3n) is 4.14. The van der Waals surface area contributed by atoms with Crippen molar-refractivity contribution in [2.75, 3.05) is 5.43 Å². The minimum absolute atomic E-state index is 0.0110. The highest BCUT2D eigenvalue weighted by atomic mass is 16.2. The van der Waals surface area contributed by atoms with E-state index in [9.17, 15) is 4.79 Å². The van der Waals surface area contributed by atoms with Crippen LogP contribution in [0.15, 0.2) is 85.5 Å². The number of carbonyl (C=O) groups is 1. The molecule has 0 spiro atoms. The molecule has 1 atom stereocenters. The molecule has 0 aliphatic rings. The van der Waals surface area contributed by atoms with Crippen molar-refractivity contribution in [3.05, 3.63) is 91.0 Å². The van der Waals surface area contributed by atoms with Gasteiger partial charge in [0.05, 0.1) is 5.69 Å². The lowest BCUT2D eigenvalue weighted by Crippen LogP contribution is -2.36. The summed E-state index contributed by atoms with van der Waals surface area (Å²) < 4.78 is 0. The van der Waals surface area contributed by atoms with Crippen molar-refractivity contribution < 1.29 is 4.79 Å². The topological polar surface area (TPSA) is 41.1 Å². The van der Waals surface area contributed by atoms with E-state index in [1.54, 1.807) is 6.08 Å². The summed E-state index contributed by atoms with van der Waals surface area (Å²) in [7, 11) is 0. The van der Waals surface area contributed by atoms with E-state index in [4.69, 9.17) is 0 Å². The summed E-state index contributed by atoms with van der Waals surface area (Å²) in [6, 6.07) is 19.8. The molecule has 2 N–H and O–H groups in total. The number of anilines is 1. The molecule has 0 radical (unpaired) electrons. The number of hydrogen-bond donors (Lipinski definition) is 2. The fourth-order valence-electron chi connectivity index (χ4n) is 2.66. The van der Waals surface area contributed by atoms with Crippen LogP contribution in [0.4, 0.5) is 5.69 Å². The Hall–Kier alpha value is -2.81. The number of amides is 1. The summed E-state index contributed by atoms with van der Waals surface area (Å²) >= 11 is 0. The zero-order chi connectivity index (χ0) is 17.9. The van der Waals surface area contributed by atoms with Crippen LogP contribution in [-0.2, 0) is 11.2 Å². The Morgan fingerprint density at radius 3 is 2.32 bits per heavy atom. The number of carbonyl (C=O) groups excluding carboxylic acids is 1. The van der Waals surface area contributed by atoms with Crippen LogP contribution < -0.4 is 10.9 Å². The van der Waals surface area contributed by atoms with Gasteiger partial charge in [0.2, 0.25) is 5.91 Å². The first-order chi connectivity index (χ1) is 12.2. The number of rotatable bonds is 10. The second-order valence-electron chi connectivity index (χ2n) is 6.12. The Bertz CT molecular complexity index is 680. The van der Waals surface area contributed by atoms with Gasteiger partial charge in [-0.1, -0.05) is 73.3 Å². The molecule has 2 rings (SSSR count). The van der Waals surface area contributed by atoms with Crippen LogP contribution in [0.5, 0.6) is 0 Å². The first kappa shape index (κ1) is 18.5. The third kappa shape index (κ3) is 6.68. The van der Waals surface area contributed by atoms with Crippen LogP contribution in [-0.4, -0.2) is 5.91 Å². The molecule has 0 aliphatic carbocycles. The smallest absolute Gasteiger partial charge is 0.241 e. The highest BCUT2D eigenvalue weighted by Gasteiger charge is 2.18. The Morgan fingerprint density at radius 2 is 1.68 bits per heavy atom. The van der Waals surface area contributed by atoms with Crippen molar-refractivity contribution in [2.45, 2.75) is 25.7 Å². The minimum atomic E-state index is -0.0868. The predicted octanol–water partition coefficient (Wildman–Crippen LogP) is 4.90. The Balaban J connectivity index is 1.95. The van der Waals surface area contributed by atoms with Crippen molar-refractivity contribution in [3.63, 3.8) is 0 Å². The molecular formula is C22H26N2O. The van der Waals surface area contributed by atoms with Gasteiger partial charge in [-0.05, 0) is 43.4 Å². The molecular weight excluding hydrogens is 308 g/mol. The molecule has 25 heavy (non-hydrogen) atoms. The van der Waals surface area contributed by atoms with Gasteiger partial charge < -0.3 is 0 Å². The van der Waals surface area contributed by atoms with Gasteiger partial charge in [-0.2, -0.15) is 0 Å². The van der Waals surface area contributed by atoms with Crippen molar-refractivity contribution in [2.24, 2.45) is 5.92 Å². The summed E-state index contributed by atoms with van der Waals surface area (Å²) in [5.41, 5.74) is 8.88. The Labute approximate surface area is 150 Å². The van der Waals surface area contributed by atoms with Gasteiger partial charge in [-0.15, -0.1) is 0 Å². The molecule has 3 heteroatoms. The lowest BCUT2D eigenvalue weighted by molar-refractivity contribution is -0.124. The van der Waals surface area contributed by atoms with Crippen molar-refractivity contribution >= 4 is 11.6 Å². The molecule has 0 aliphatic heterocycles. The van der Waals surface area contributed by atoms with Crippen LogP contribution >= 0.6 is 0 Å². The number of hydrazine groups is 1. The van der Waals surface area contributed by atoms with Crippen LogP contribution in [0.1, 0.15) is 24.8 Å². The molecule has 2 aromatic carbocycles. The van der Waals surface area contributed by atoms with Gasteiger partial charge in [0.15, 0.2) is 0 Å². The van der Waals surface area contributed by atoms with Crippen LogP contribution in [0.2, 0.25) is 0 Å². The first-order valence-corrected chi connectivity index (χ1v) is 8.64. The van der Waals surface area contributed by atoms with E-state index >= 15 is 0 Å². The van der Waals surface area contributed by atoms with E-state index in [2.05, 4.69) is 36.1 Å². The van der Waals surface area contributed by atoms with E-state index in [0.717, 1.165) is 36.9 Å². The van der Waals surface area contributed by atoms with Crippen molar-refractivity contribution in [1.29, 1.82) is 0 Å².